The second-order valence-corrected chi connectivity index (χ2v) is 11.8. The predicted molar refractivity (Wildman–Crippen MR) is 162 cm³/mol. The Morgan fingerprint density at radius 1 is 1.07 bits per heavy atom. The fraction of sp³-hybridized carbons (Fsp3) is 0.281. The number of rotatable bonds is 7. The molecule has 0 aliphatic heterocycles. The molecule has 1 saturated carbocycles. The molecule has 5 rings (SSSR count). The highest BCUT2D eigenvalue weighted by molar-refractivity contribution is 7.21. The quantitative estimate of drug-likeness (QED) is 0.232. The number of nitriles is 1. The number of hydrogen-bond donors (Lipinski definition) is 1. The van der Waals surface area contributed by atoms with Gasteiger partial charge in [0.05, 0.1) is 23.8 Å². The Balaban J connectivity index is 1.53. The number of thiophene rings is 1. The Labute approximate surface area is 252 Å². The van der Waals surface area contributed by atoms with Crippen LogP contribution in [0.15, 0.2) is 60.7 Å². The molecule has 2 amide bonds. The van der Waals surface area contributed by atoms with E-state index in [-0.39, 0.29) is 39.8 Å². The molecular formula is C32H29ClFN3O4S. The molecular weight excluding hydrogens is 577 g/mol. The van der Waals surface area contributed by atoms with Gasteiger partial charge in [-0.2, -0.15) is 5.26 Å². The SMILES string of the molecule is COc1ccc(-c2cccc(C#N)c2)cc1CN(C(=O)c1sc2cccc(F)c2c1Cl)C1CCC(N(C)C(=O)O)CC1. The third-order valence-corrected chi connectivity index (χ3v) is 9.60. The van der Waals surface area contributed by atoms with Crippen molar-refractivity contribution < 1.29 is 23.8 Å². The van der Waals surface area contributed by atoms with Gasteiger partial charge in [-0.3, -0.25) is 4.79 Å². The van der Waals surface area contributed by atoms with E-state index < -0.39 is 11.9 Å². The standard InChI is InChI=1S/C32H29ClFN3O4S/c1-36(32(39)40)23-10-12-24(13-11-23)37(31(38)30-29(33)28-25(34)7-4-8-27(28)42-30)18-22-16-21(9-14-26(22)41-2)20-6-3-5-19(15-20)17-35/h3-9,14-16,23-24H,10-13,18H2,1-2H3,(H,39,40). The number of hydrogen-bond acceptors (Lipinski definition) is 5. The number of carboxylic acid groups (broad SMARTS) is 1. The van der Waals surface area contributed by atoms with Crippen molar-refractivity contribution >= 4 is 45.0 Å². The van der Waals surface area contributed by atoms with Crippen LogP contribution in [0.1, 0.15) is 46.5 Å². The van der Waals surface area contributed by atoms with Gasteiger partial charge in [0.25, 0.3) is 5.91 Å². The zero-order valence-electron chi connectivity index (χ0n) is 23.1. The first kappa shape index (κ1) is 29.4. The molecule has 4 aromatic rings. The molecule has 1 aliphatic rings. The number of halogens is 2. The van der Waals surface area contributed by atoms with Gasteiger partial charge in [0.15, 0.2) is 0 Å². The van der Waals surface area contributed by atoms with Crippen molar-refractivity contribution in [2.24, 2.45) is 0 Å². The fourth-order valence-corrected chi connectivity index (χ4v) is 7.16. The number of ether oxygens (including phenoxy) is 1. The maximum atomic E-state index is 14.7. The van der Waals surface area contributed by atoms with Gasteiger partial charge in [-0.05, 0) is 73.2 Å². The highest BCUT2D eigenvalue weighted by atomic mass is 35.5. The topological polar surface area (TPSA) is 93.9 Å². The largest absolute Gasteiger partial charge is 0.496 e. The summed E-state index contributed by atoms with van der Waals surface area (Å²) in [5, 5.41) is 19.2. The summed E-state index contributed by atoms with van der Waals surface area (Å²) in [5.41, 5.74) is 3.02. The third kappa shape index (κ3) is 5.78. The van der Waals surface area contributed by atoms with E-state index in [0.717, 1.165) is 28.0 Å². The van der Waals surface area contributed by atoms with Gasteiger partial charge < -0.3 is 19.6 Å². The van der Waals surface area contributed by atoms with Crippen LogP contribution in [0, 0.1) is 17.1 Å². The molecule has 1 aliphatic carbocycles. The molecule has 7 nitrogen and oxygen atoms in total. The Kier molecular flexibility index (Phi) is 8.66. The lowest BCUT2D eigenvalue weighted by Crippen LogP contribution is -2.46. The van der Waals surface area contributed by atoms with Crippen molar-refractivity contribution in [3.63, 3.8) is 0 Å². The first-order valence-corrected chi connectivity index (χ1v) is 14.7. The van der Waals surface area contributed by atoms with Gasteiger partial charge >= 0.3 is 6.09 Å². The van der Waals surface area contributed by atoms with Crippen molar-refractivity contribution in [1.82, 2.24) is 9.80 Å². The lowest BCUT2D eigenvalue weighted by Gasteiger charge is -2.39. The van der Waals surface area contributed by atoms with Crippen LogP contribution in [0.25, 0.3) is 21.2 Å². The normalized spacial score (nSPS) is 16.5. The molecule has 216 valence electrons. The maximum Gasteiger partial charge on any atom is 0.407 e. The molecule has 10 heteroatoms. The van der Waals surface area contributed by atoms with Gasteiger partial charge in [0.1, 0.15) is 16.4 Å². The summed E-state index contributed by atoms with van der Waals surface area (Å²) in [5.74, 6) is -0.194. The molecule has 0 saturated heterocycles. The van der Waals surface area contributed by atoms with Gasteiger partial charge in [0.2, 0.25) is 0 Å². The van der Waals surface area contributed by atoms with E-state index in [1.165, 1.54) is 11.0 Å². The van der Waals surface area contributed by atoms with E-state index in [1.807, 2.05) is 30.3 Å². The zero-order chi connectivity index (χ0) is 30.0. The zero-order valence-corrected chi connectivity index (χ0v) is 24.7. The highest BCUT2D eigenvalue weighted by Crippen LogP contribution is 2.40. The van der Waals surface area contributed by atoms with E-state index in [2.05, 4.69) is 6.07 Å². The Morgan fingerprint density at radius 2 is 1.76 bits per heavy atom. The van der Waals surface area contributed by atoms with Crippen LogP contribution in [0.5, 0.6) is 5.75 Å². The van der Waals surface area contributed by atoms with Crippen LogP contribution in [0.4, 0.5) is 9.18 Å². The summed E-state index contributed by atoms with van der Waals surface area (Å²) in [7, 11) is 3.14. The molecule has 1 heterocycles. The van der Waals surface area contributed by atoms with E-state index in [4.69, 9.17) is 16.3 Å². The van der Waals surface area contributed by atoms with Gasteiger partial charge in [-0.15, -0.1) is 11.3 Å². The maximum absolute atomic E-state index is 14.7. The number of fused-ring (bicyclic) bond motifs is 1. The summed E-state index contributed by atoms with van der Waals surface area (Å²) in [6, 6.07) is 19.5. The van der Waals surface area contributed by atoms with Gasteiger partial charge in [-0.25, -0.2) is 9.18 Å². The number of carbonyl (C=O) groups excluding carboxylic acids is 1. The molecule has 0 spiro atoms. The fourth-order valence-electron chi connectivity index (χ4n) is 5.65. The first-order chi connectivity index (χ1) is 20.2. The molecule has 0 radical (unpaired) electrons. The van der Waals surface area contributed by atoms with Crippen LogP contribution in [-0.2, 0) is 6.54 Å². The Hall–Kier alpha value is -4.13. The summed E-state index contributed by atoms with van der Waals surface area (Å²) >= 11 is 7.80. The van der Waals surface area contributed by atoms with Gasteiger partial charge in [0, 0.05) is 41.3 Å². The number of benzene rings is 3. The molecule has 0 bridgehead atoms. The van der Waals surface area contributed by atoms with E-state index >= 15 is 0 Å². The summed E-state index contributed by atoms with van der Waals surface area (Å²) in [6.07, 6.45) is 1.41. The minimum absolute atomic E-state index is 0.0939. The molecule has 1 fully saturated rings. The number of methoxy groups -OCH3 is 1. The predicted octanol–water partition coefficient (Wildman–Crippen LogP) is 7.80. The second kappa shape index (κ2) is 12.4. The Morgan fingerprint density at radius 3 is 2.43 bits per heavy atom. The van der Waals surface area contributed by atoms with Crippen LogP contribution < -0.4 is 4.74 Å². The number of amides is 2. The third-order valence-electron chi connectivity index (χ3n) is 7.96. The molecule has 0 unspecified atom stereocenters. The average Bonchev–Trinajstić information content (AvgIpc) is 3.36. The summed E-state index contributed by atoms with van der Waals surface area (Å²) in [6.45, 7) is 0.199. The molecule has 1 aromatic heterocycles. The van der Waals surface area contributed by atoms with Crippen LogP contribution in [-0.4, -0.2) is 53.1 Å². The van der Waals surface area contributed by atoms with E-state index in [1.54, 1.807) is 43.3 Å². The highest BCUT2D eigenvalue weighted by Gasteiger charge is 2.34. The molecule has 0 atom stereocenters. The molecule has 3 aromatic carbocycles. The molecule has 42 heavy (non-hydrogen) atoms. The second-order valence-electron chi connectivity index (χ2n) is 10.4. The number of carbonyl (C=O) groups is 2. The lowest BCUT2D eigenvalue weighted by molar-refractivity contribution is 0.0555. The van der Waals surface area contributed by atoms with Crippen LogP contribution in [0.2, 0.25) is 5.02 Å². The van der Waals surface area contributed by atoms with Crippen LogP contribution in [0.3, 0.4) is 0 Å². The van der Waals surface area contributed by atoms with Crippen LogP contribution >= 0.6 is 22.9 Å². The van der Waals surface area contributed by atoms with E-state index in [0.29, 0.717) is 41.7 Å². The van der Waals surface area contributed by atoms with Crippen molar-refractivity contribution in [2.75, 3.05) is 14.2 Å². The van der Waals surface area contributed by atoms with Crippen molar-refractivity contribution in [3.8, 4) is 22.9 Å². The monoisotopic (exact) mass is 605 g/mol. The number of nitrogens with zero attached hydrogens (tertiary/aromatic N) is 3. The van der Waals surface area contributed by atoms with E-state index in [9.17, 15) is 24.3 Å². The minimum atomic E-state index is -0.979. The first-order valence-electron chi connectivity index (χ1n) is 13.5. The summed E-state index contributed by atoms with van der Waals surface area (Å²) < 4.78 is 20.9. The Bertz CT molecular complexity index is 1690. The summed E-state index contributed by atoms with van der Waals surface area (Å²) in [4.78, 5) is 29.2. The average molecular weight is 606 g/mol. The lowest BCUT2D eigenvalue weighted by atomic mass is 9.89. The van der Waals surface area contributed by atoms with Crippen molar-refractivity contribution in [2.45, 2.75) is 44.3 Å². The van der Waals surface area contributed by atoms with Crippen molar-refractivity contribution in [1.29, 1.82) is 5.26 Å². The van der Waals surface area contributed by atoms with Gasteiger partial charge in [-0.1, -0.05) is 35.9 Å². The van der Waals surface area contributed by atoms with Crippen molar-refractivity contribution in [3.05, 3.63) is 87.5 Å². The smallest absolute Gasteiger partial charge is 0.407 e. The minimum Gasteiger partial charge on any atom is -0.496 e. The molecule has 1 N–H and O–H groups in total.